The highest BCUT2D eigenvalue weighted by Gasteiger charge is 2.22. The molecule has 8 heteroatoms. The molecule has 3 rings (SSSR count). The summed E-state index contributed by atoms with van der Waals surface area (Å²) in [5, 5.41) is 16.8. The molecule has 158 valence electrons. The first kappa shape index (κ1) is 22.0. The van der Waals surface area contributed by atoms with Crippen molar-refractivity contribution in [1.82, 2.24) is 5.32 Å². The molecule has 2 N–H and O–H groups in total. The molecule has 0 aromatic heterocycles. The van der Waals surface area contributed by atoms with Gasteiger partial charge in [0.15, 0.2) is 0 Å². The fourth-order valence-corrected chi connectivity index (χ4v) is 3.46. The van der Waals surface area contributed by atoms with Crippen molar-refractivity contribution in [1.29, 1.82) is 0 Å². The molecule has 0 bridgehead atoms. The summed E-state index contributed by atoms with van der Waals surface area (Å²) in [6, 6.07) is 20.7. The van der Waals surface area contributed by atoms with E-state index in [2.05, 4.69) is 10.6 Å². The summed E-state index contributed by atoms with van der Waals surface area (Å²) in [5.41, 5.74) is 1.32. The molecule has 0 aliphatic carbocycles. The highest BCUT2D eigenvalue weighted by atomic mass is 32.2. The third-order valence-corrected chi connectivity index (χ3v) is 5.33. The molecule has 0 unspecified atom stereocenters. The molecule has 0 saturated carbocycles. The minimum atomic E-state index is -0.646. The van der Waals surface area contributed by atoms with Gasteiger partial charge in [0.25, 0.3) is 17.5 Å². The number of hydrogen-bond donors (Lipinski definition) is 2. The first-order valence-corrected chi connectivity index (χ1v) is 10.8. The highest BCUT2D eigenvalue weighted by molar-refractivity contribution is 7.98. The largest absolute Gasteiger partial charge is 0.352 e. The predicted molar refractivity (Wildman–Crippen MR) is 122 cm³/mol. The quantitative estimate of drug-likeness (QED) is 0.307. The van der Waals surface area contributed by atoms with Crippen LogP contribution >= 0.6 is 11.8 Å². The highest BCUT2D eigenvalue weighted by Crippen LogP contribution is 2.26. The average Bonchev–Trinajstić information content (AvgIpc) is 2.79. The fourth-order valence-electron chi connectivity index (χ4n) is 3.02. The summed E-state index contributed by atoms with van der Waals surface area (Å²) >= 11 is 1.38. The second kappa shape index (κ2) is 10.4. The molecule has 0 aliphatic rings. The Morgan fingerprint density at radius 2 is 1.65 bits per heavy atom. The lowest BCUT2D eigenvalue weighted by atomic mass is 10.1. The van der Waals surface area contributed by atoms with Gasteiger partial charge in [0.1, 0.15) is 5.56 Å². The van der Waals surface area contributed by atoms with Gasteiger partial charge in [-0.1, -0.05) is 42.5 Å². The summed E-state index contributed by atoms with van der Waals surface area (Å²) in [6.07, 6.45) is 2.49. The summed E-state index contributed by atoms with van der Waals surface area (Å²) < 4.78 is 0. The normalized spacial score (nSPS) is 10.4. The van der Waals surface area contributed by atoms with E-state index in [4.69, 9.17) is 0 Å². The number of benzene rings is 3. The van der Waals surface area contributed by atoms with Crippen LogP contribution in [0.1, 0.15) is 26.3 Å². The topological polar surface area (TPSA) is 101 Å². The summed E-state index contributed by atoms with van der Waals surface area (Å²) in [4.78, 5) is 37.0. The van der Waals surface area contributed by atoms with E-state index in [1.165, 1.54) is 23.9 Å². The van der Waals surface area contributed by atoms with Crippen LogP contribution in [0, 0.1) is 10.1 Å². The Morgan fingerprint density at radius 1 is 0.935 bits per heavy atom. The molecular formula is C23H21N3O4S. The Kier molecular flexibility index (Phi) is 7.40. The monoisotopic (exact) mass is 435 g/mol. The third-order valence-electron chi connectivity index (χ3n) is 4.61. The summed E-state index contributed by atoms with van der Waals surface area (Å²) in [6.45, 7) is 0.437. The number of carbonyl (C=O) groups is 2. The first-order valence-electron chi connectivity index (χ1n) is 9.54. The summed E-state index contributed by atoms with van der Waals surface area (Å²) in [7, 11) is 0. The molecule has 0 saturated heterocycles. The van der Waals surface area contributed by atoms with Gasteiger partial charge in [0, 0.05) is 17.5 Å². The maximum atomic E-state index is 12.8. The molecule has 0 atom stereocenters. The number of para-hydroxylation sites is 1. The van der Waals surface area contributed by atoms with Gasteiger partial charge in [-0.2, -0.15) is 0 Å². The molecule has 2 amide bonds. The van der Waals surface area contributed by atoms with Gasteiger partial charge in [-0.05, 0) is 42.5 Å². The predicted octanol–water partition coefficient (Wildman–Crippen LogP) is 4.54. The second-order valence-electron chi connectivity index (χ2n) is 6.63. The van der Waals surface area contributed by atoms with E-state index < -0.39 is 10.8 Å². The van der Waals surface area contributed by atoms with Gasteiger partial charge < -0.3 is 10.6 Å². The van der Waals surface area contributed by atoms with Crippen LogP contribution < -0.4 is 10.6 Å². The Labute approximate surface area is 184 Å². The van der Waals surface area contributed by atoms with Crippen molar-refractivity contribution in [2.24, 2.45) is 0 Å². The molecule has 31 heavy (non-hydrogen) atoms. The number of rotatable bonds is 8. The van der Waals surface area contributed by atoms with Gasteiger partial charge in [0.05, 0.1) is 16.2 Å². The van der Waals surface area contributed by atoms with Crippen molar-refractivity contribution in [3.05, 3.63) is 99.6 Å². The van der Waals surface area contributed by atoms with E-state index in [0.29, 0.717) is 13.0 Å². The van der Waals surface area contributed by atoms with Gasteiger partial charge in [0.2, 0.25) is 0 Å². The number of thioether (sulfide) groups is 1. The minimum absolute atomic E-state index is 0.0591. The van der Waals surface area contributed by atoms with Crippen LogP contribution in [0.5, 0.6) is 0 Å². The van der Waals surface area contributed by atoms with E-state index in [0.717, 1.165) is 10.5 Å². The van der Waals surface area contributed by atoms with Gasteiger partial charge in [-0.25, -0.2) is 0 Å². The van der Waals surface area contributed by atoms with Gasteiger partial charge in [-0.15, -0.1) is 11.8 Å². The Morgan fingerprint density at radius 3 is 2.35 bits per heavy atom. The SMILES string of the molecule is CSc1ccc([N+](=O)[O-])c(C(=O)Nc2ccccc2C(=O)NCCc2ccccc2)c1. The lowest BCUT2D eigenvalue weighted by molar-refractivity contribution is -0.385. The van der Waals surface area contributed by atoms with Gasteiger partial charge >= 0.3 is 0 Å². The molecule has 0 radical (unpaired) electrons. The summed E-state index contributed by atoms with van der Waals surface area (Å²) in [5.74, 6) is -0.980. The van der Waals surface area contributed by atoms with Crippen LogP contribution in [0.2, 0.25) is 0 Å². The van der Waals surface area contributed by atoms with Crippen LogP contribution in [0.15, 0.2) is 77.7 Å². The van der Waals surface area contributed by atoms with Crippen molar-refractivity contribution in [3.63, 3.8) is 0 Å². The second-order valence-corrected chi connectivity index (χ2v) is 7.51. The molecule has 0 heterocycles. The van der Waals surface area contributed by atoms with E-state index in [1.54, 1.807) is 30.3 Å². The zero-order chi connectivity index (χ0) is 22.2. The van der Waals surface area contributed by atoms with Crippen LogP contribution in [-0.4, -0.2) is 29.5 Å². The minimum Gasteiger partial charge on any atom is -0.352 e. The maximum absolute atomic E-state index is 12.8. The van der Waals surface area contributed by atoms with E-state index in [-0.39, 0.29) is 28.4 Å². The van der Waals surface area contributed by atoms with Gasteiger partial charge in [-0.3, -0.25) is 19.7 Å². The number of nitrogens with zero attached hydrogens (tertiary/aromatic N) is 1. The molecule has 0 aliphatic heterocycles. The number of anilines is 1. The molecule has 3 aromatic rings. The van der Waals surface area contributed by atoms with E-state index in [9.17, 15) is 19.7 Å². The number of amides is 2. The number of nitro benzene ring substituents is 1. The number of hydrogen-bond acceptors (Lipinski definition) is 5. The molecule has 0 spiro atoms. The van der Waals surface area contributed by atoms with Crippen molar-refractivity contribution in [2.45, 2.75) is 11.3 Å². The zero-order valence-corrected chi connectivity index (χ0v) is 17.6. The van der Waals surface area contributed by atoms with Crippen LogP contribution in [0.25, 0.3) is 0 Å². The fraction of sp³-hybridized carbons (Fsp3) is 0.130. The smallest absolute Gasteiger partial charge is 0.282 e. The van der Waals surface area contributed by atoms with E-state index in [1.807, 2.05) is 36.6 Å². The lowest BCUT2D eigenvalue weighted by Gasteiger charge is -2.12. The molecule has 3 aromatic carbocycles. The lowest BCUT2D eigenvalue weighted by Crippen LogP contribution is -2.27. The van der Waals surface area contributed by atoms with Crippen LogP contribution in [0.3, 0.4) is 0 Å². The van der Waals surface area contributed by atoms with Crippen molar-refractivity contribution >= 4 is 35.0 Å². The van der Waals surface area contributed by atoms with E-state index >= 15 is 0 Å². The molecule has 7 nitrogen and oxygen atoms in total. The standard InChI is InChI=1S/C23H21N3O4S/c1-31-17-11-12-21(26(29)30)19(15-17)23(28)25-20-10-6-5-9-18(20)22(27)24-14-13-16-7-3-2-4-8-16/h2-12,15H,13-14H2,1H3,(H,24,27)(H,25,28). The maximum Gasteiger partial charge on any atom is 0.282 e. The zero-order valence-electron chi connectivity index (χ0n) is 16.8. The third kappa shape index (κ3) is 5.70. The van der Waals surface area contributed by atoms with Crippen LogP contribution in [0.4, 0.5) is 11.4 Å². The Bertz CT molecular complexity index is 1100. The van der Waals surface area contributed by atoms with Crippen molar-refractivity contribution < 1.29 is 14.5 Å². The Hall–Kier alpha value is -3.65. The van der Waals surface area contributed by atoms with Crippen LogP contribution in [-0.2, 0) is 6.42 Å². The molecular weight excluding hydrogens is 414 g/mol. The van der Waals surface area contributed by atoms with Crippen molar-refractivity contribution in [2.75, 3.05) is 18.1 Å². The first-order chi connectivity index (χ1) is 15.0. The average molecular weight is 436 g/mol. The number of carbonyl (C=O) groups excluding carboxylic acids is 2. The number of nitro groups is 1. The Balaban J connectivity index is 1.75. The van der Waals surface area contributed by atoms with Crippen molar-refractivity contribution in [3.8, 4) is 0 Å². The molecule has 0 fully saturated rings. The number of nitrogens with one attached hydrogen (secondary N) is 2.